The van der Waals surface area contributed by atoms with Crippen LogP contribution in [0.2, 0.25) is 0 Å². The third-order valence-corrected chi connectivity index (χ3v) is 4.57. The van der Waals surface area contributed by atoms with Crippen LogP contribution in [0.5, 0.6) is 0 Å². The fourth-order valence-electron chi connectivity index (χ4n) is 2.51. The molecule has 1 aromatic carbocycles. The van der Waals surface area contributed by atoms with Crippen LogP contribution in [0.25, 0.3) is 0 Å². The Hall–Kier alpha value is -0.970. The van der Waals surface area contributed by atoms with Crippen molar-refractivity contribution < 1.29 is 4.74 Å². The normalized spacial score (nSPS) is 24.1. The molecule has 2 aliphatic rings. The van der Waals surface area contributed by atoms with E-state index in [1.165, 1.54) is 10.5 Å². The monoisotopic (exact) mass is 248 g/mol. The predicted molar refractivity (Wildman–Crippen MR) is 69.7 cm³/mol. The molecule has 0 spiro atoms. The van der Waals surface area contributed by atoms with Crippen LogP contribution >= 0.6 is 11.8 Å². The highest BCUT2D eigenvalue weighted by atomic mass is 32.2. The molecule has 1 aromatic rings. The number of hydrogen-bond donors (Lipinski definition) is 2. The van der Waals surface area contributed by atoms with Gasteiger partial charge in [-0.25, -0.2) is 5.43 Å². The average molecular weight is 248 g/mol. The molecule has 2 heterocycles. The Bertz CT molecular complexity index is 447. The third-order valence-electron chi connectivity index (χ3n) is 3.36. The summed E-state index contributed by atoms with van der Waals surface area (Å²) < 4.78 is 5.64. The van der Waals surface area contributed by atoms with Gasteiger partial charge >= 0.3 is 0 Å². The van der Waals surface area contributed by atoms with E-state index < -0.39 is 0 Å². The molecule has 0 saturated heterocycles. The zero-order valence-electron chi connectivity index (χ0n) is 9.56. The quantitative estimate of drug-likeness (QED) is 0.634. The second-order valence-corrected chi connectivity index (χ2v) is 5.41. The lowest BCUT2D eigenvalue weighted by molar-refractivity contribution is 0.208. The van der Waals surface area contributed by atoms with Crippen LogP contribution in [0.1, 0.15) is 17.9 Å². The van der Waals surface area contributed by atoms with E-state index in [1.807, 2.05) is 11.8 Å². The first kappa shape index (κ1) is 11.1. The summed E-state index contributed by atoms with van der Waals surface area (Å²) in [5, 5.41) is 0. The van der Waals surface area contributed by atoms with Gasteiger partial charge in [0.15, 0.2) is 0 Å². The van der Waals surface area contributed by atoms with Crippen LogP contribution in [0.4, 0.5) is 0 Å². The second kappa shape index (κ2) is 4.72. The van der Waals surface area contributed by atoms with E-state index in [9.17, 15) is 0 Å². The standard InChI is InChI=1S/C13H16N2OS/c14-15-13(11-5-3-7-16-11)10-8-17-12-6-2-1-4-9(10)12/h1-2,4-6,10,13,15H,3,7-8,14H2. The van der Waals surface area contributed by atoms with Gasteiger partial charge in [-0.15, -0.1) is 11.8 Å². The molecule has 0 aromatic heterocycles. The van der Waals surface area contributed by atoms with Gasteiger partial charge in [-0.1, -0.05) is 18.2 Å². The number of rotatable bonds is 3. The number of nitrogens with two attached hydrogens (primary N) is 1. The van der Waals surface area contributed by atoms with Crippen molar-refractivity contribution in [3.63, 3.8) is 0 Å². The summed E-state index contributed by atoms with van der Waals surface area (Å²) in [6.07, 6.45) is 3.14. The highest BCUT2D eigenvalue weighted by Crippen LogP contribution is 2.42. The maximum atomic E-state index is 5.71. The molecular formula is C13H16N2OS. The van der Waals surface area contributed by atoms with Gasteiger partial charge in [0, 0.05) is 23.0 Å². The summed E-state index contributed by atoms with van der Waals surface area (Å²) in [6.45, 7) is 0.787. The summed E-state index contributed by atoms with van der Waals surface area (Å²) in [7, 11) is 0. The molecule has 90 valence electrons. The summed E-state index contributed by atoms with van der Waals surface area (Å²) in [5.41, 5.74) is 4.31. The van der Waals surface area contributed by atoms with E-state index in [4.69, 9.17) is 10.6 Å². The number of hydrazine groups is 1. The van der Waals surface area contributed by atoms with Crippen LogP contribution < -0.4 is 11.3 Å². The summed E-state index contributed by atoms with van der Waals surface area (Å²) in [4.78, 5) is 1.37. The highest BCUT2D eigenvalue weighted by Gasteiger charge is 2.33. The van der Waals surface area contributed by atoms with Gasteiger partial charge in [0.05, 0.1) is 12.6 Å². The maximum Gasteiger partial charge on any atom is 0.111 e. The van der Waals surface area contributed by atoms with E-state index in [0.29, 0.717) is 5.92 Å². The molecule has 3 nitrogen and oxygen atoms in total. The second-order valence-electron chi connectivity index (χ2n) is 4.34. The molecule has 0 bridgehead atoms. The smallest absolute Gasteiger partial charge is 0.111 e. The van der Waals surface area contributed by atoms with Crippen molar-refractivity contribution in [1.82, 2.24) is 5.43 Å². The lowest BCUT2D eigenvalue weighted by Gasteiger charge is -2.23. The molecule has 0 amide bonds. The van der Waals surface area contributed by atoms with Crippen molar-refractivity contribution in [3.8, 4) is 0 Å². The van der Waals surface area contributed by atoms with Crippen molar-refractivity contribution in [2.75, 3.05) is 12.4 Å². The van der Waals surface area contributed by atoms with Crippen molar-refractivity contribution in [3.05, 3.63) is 41.7 Å². The molecule has 3 N–H and O–H groups in total. The Morgan fingerprint density at radius 1 is 1.41 bits per heavy atom. The van der Waals surface area contributed by atoms with E-state index in [2.05, 4.69) is 35.8 Å². The summed E-state index contributed by atoms with van der Waals surface area (Å²) >= 11 is 1.90. The predicted octanol–water partition coefficient (Wildman–Crippen LogP) is 2.01. The molecule has 17 heavy (non-hydrogen) atoms. The molecule has 4 heteroatoms. The lowest BCUT2D eigenvalue weighted by Crippen LogP contribution is -2.41. The molecule has 0 saturated carbocycles. The maximum absolute atomic E-state index is 5.71. The van der Waals surface area contributed by atoms with Gasteiger partial charge in [0.1, 0.15) is 5.76 Å². The minimum atomic E-state index is 0.105. The minimum Gasteiger partial charge on any atom is -0.496 e. The zero-order valence-corrected chi connectivity index (χ0v) is 10.4. The number of ether oxygens (including phenoxy) is 1. The third kappa shape index (κ3) is 1.97. The molecular weight excluding hydrogens is 232 g/mol. The van der Waals surface area contributed by atoms with E-state index in [-0.39, 0.29) is 6.04 Å². The number of hydrogen-bond acceptors (Lipinski definition) is 4. The molecule has 2 unspecified atom stereocenters. The molecule has 3 rings (SSSR count). The number of fused-ring (bicyclic) bond motifs is 1. The van der Waals surface area contributed by atoms with Gasteiger partial charge in [-0.2, -0.15) is 0 Å². The van der Waals surface area contributed by atoms with Crippen LogP contribution in [0, 0.1) is 0 Å². The first-order valence-electron chi connectivity index (χ1n) is 5.91. The Kier molecular flexibility index (Phi) is 3.09. The van der Waals surface area contributed by atoms with Crippen molar-refractivity contribution >= 4 is 11.8 Å². The Morgan fingerprint density at radius 3 is 3.06 bits per heavy atom. The number of benzene rings is 1. The van der Waals surface area contributed by atoms with Crippen LogP contribution in [0.3, 0.4) is 0 Å². The van der Waals surface area contributed by atoms with Gasteiger partial charge < -0.3 is 4.74 Å². The topological polar surface area (TPSA) is 47.3 Å². The minimum absolute atomic E-state index is 0.105. The molecule has 2 atom stereocenters. The summed E-state index contributed by atoms with van der Waals surface area (Å²) in [5.74, 6) is 8.19. The van der Waals surface area contributed by atoms with Gasteiger partial charge in [-0.05, 0) is 17.7 Å². The summed E-state index contributed by atoms with van der Waals surface area (Å²) in [6, 6.07) is 8.66. The van der Waals surface area contributed by atoms with Crippen molar-refractivity contribution in [1.29, 1.82) is 0 Å². The van der Waals surface area contributed by atoms with E-state index in [1.54, 1.807) is 0 Å². The van der Waals surface area contributed by atoms with Crippen molar-refractivity contribution in [2.45, 2.75) is 23.3 Å². The molecule has 0 radical (unpaired) electrons. The van der Waals surface area contributed by atoms with Crippen LogP contribution in [-0.2, 0) is 4.74 Å². The first-order valence-corrected chi connectivity index (χ1v) is 6.89. The lowest BCUT2D eigenvalue weighted by atomic mass is 9.92. The van der Waals surface area contributed by atoms with Gasteiger partial charge in [-0.3, -0.25) is 5.84 Å². The van der Waals surface area contributed by atoms with Gasteiger partial charge in [0.25, 0.3) is 0 Å². The Morgan fingerprint density at radius 2 is 2.29 bits per heavy atom. The molecule has 0 aliphatic carbocycles. The Labute approximate surface area is 105 Å². The highest BCUT2D eigenvalue weighted by molar-refractivity contribution is 7.99. The number of thioether (sulfide) groups is 1. The van der Waals surface area contributed by atoms with Crippen LogP contribution in [0.15, 0.2) is 41.0 Å². The van der Waals surface area contributed by atoms with Gasteiger partial charge in [0.2, 0.25) is 0 Å². The number of nitrogens with one attached hydrogen (secondary N) is 1. The van der Waals surface area contributed by atoms with E-state index in [0.717, 1.165) is 24.5 Å². The van der Waals surface area contributed by atoms with Crippen molar-refractivity contribution in [2.24, 2.45) is 5.84 Å². The fourth-order valence-corrected chi connectivity index (χ4v) is 3.81. The Balaban J connectivity index is 1.89. The first-order chi connectivity index (χ1) is 8.40. The van der Waals surface area contributed by atoms with Crippen LogP contribution in [-0.4, -0.2) is 18.4 Å². The molecule has 0 fully saturated rings. The largest absolute Gasteiger partial charge is 0.496 e. The molecule has 2 aliphatic heterocycles. The van der Waals surface area contributed by atoms with E-state index >= 15 is 0 Å². The average Bonchev–Trinajstić information content (AvgIpc) is 3.01. The zero-order chi connectivity index (χ0) is 11.7. The fraction of sp³-hybridized carbons (Fsp3) is 0.385. The SMILES string of the molecule is NNC(C1=CCCO1)C1CSc2ccccc21.